The molecule has 6 nitrogen and oxygen atoms in total. The summed E-state index contributed by atoms with van der Waals surface area (Å²) >= 11 is 3.22. The molecule has 19 heavy (non-hydrogen) atoms. The number of rotatable bonds is 3. The first-order valence-corrected chi connectivity index (χ1v) is 6.12. The third-order valence-corrected chi connectivity index (χ3v) is 3.08. The first-order valence-electron chi connectivity index (χ1n) is 5.33. The number of nitro groups is 1. The number of ether oxygens (including phenoxy) is 1. The van der Waals surface area contributed by atoms with E-state index in [1.165, 1.54) is 6.07 Å². The molecule has 0 atom stereocenters. The predicted octanol–water partition coefficient (Wildman–Crippen LogP) is 3.44. The van der Waals surface area contributed by atoms with E-state index in [-0.39, 0.29) is 17.3 Å². The van der Waals surface area contributed by atoms with Crippen LogP contribution in [0.25, 0.3) is 0 Å². The van der Waals surface area contributed by atoms with Crippen molar-refractivity contribution in [2.45, 2.75) is 6.92 Å². The van der Waals surface area contributed by atoms with Crippen LogP contribution >= 0.6 is 15.9 Å². The number of nitro benzene ring substituents is 1. The molecule has 0 aliphatic carbocycles. The largest absolute Gasteiger partial charge is 0.431 e. The number of anilines is 1. The number of pyridine rings is 1. The summed E-state index contributed by atoms with van der Waals surface area (Å²) in [6.07, 6.45) is 0. The van der Waals surface area contributed by atoms with E-state index in [0.717, 1.165) is 0 Å². The van der Waals surface area contributed by atoms with Crippen LogP contribution in [-0.2, 0) is 0 Å². The van der Waals surface area contributed by atoms with Crippen molar-refractivity contribution in [3.05, 3.63) is 50.6 Å². The maximum Gasteiger partial charge on any atom is 0.312 e. The topological polar surface area (TPSA) is 91.3 Å². The summed E-state index contributed by atoms with van der Waals surface area (Å²) < 4.78 is 5.97. The molecule has 0 amide bonds. The van der Waals surface area contributed by atoms with Gasteiger partial charge in [-0.2, -0.15) is 0 Å². The number of nitrogen functional groups attached to an aromatic ring is 1. The minimum atomic E-state index is -0.510. The molecule has 0 aliphatic heterocycles. The molecule has 7 heteroatoms. The lowest BCUT2D eigenvalue weighted by atomic mass is 10.3. The fourth-order valence-corrected chi connectivity index (χ4v) is 1.89. The first kappa shape index (κ1) is 13.3. The van der Waals surface area contributed by atoms with Crippen LogP contribution in [0.3, 0.4) is 0 Å². The number of para-hydroxylation sites is 1. The van der Waals surface area contributed by atoms with Gasteiger partial charge in [0.1, 0.15) is 0 Å². The molecule has 2 rings (SSSR count). The van der Waals surface area contributed by atoms with Gasteiger partial charge in [0.2, 0.25) is 11.6 Å². The van der Waals surface area contributed by atoms with E-state index in [9.17, 15) is 10.1 Å². The van der Waals surface area contributed by atoms with Crippen LogP contribution in [0.15, 0.2) is 34.8 Å². The van der Waals surface area contributed by atoms with Gasteiger partial charge in [0.05, 0.1) is 20.8 Å². The Balaban J connectivity index is 2.42. The van der Waals surface area contributed by atoms with E-state index in [4.69, 9.17) is 10.5 Å². The molecule has 1 aromatic carbocycles. The Morgan fingerprint density at radius 3 is 2.74 bits per heavy atom. The quantitative estimate of drug-likeness (QED) is 0.690. The highest BCUT2D eigenvalue weighted by molar-refractivity contribution is 9.10. The molecule has 0 saturated carbocycles. The summed E-state index contributed by atoms with van der Waals surface area (Å²) in [6, 6.07) is 7.79. The number of aromatic nitrogens is 1. The highest BCUT2D eigenvalue weighted by Crippen LogP contribution is 2.37. The van der Waals surface area contributed by atoms with Crippen molar-refractivity contribution in [2.75, 3.05) is 5.73 Å². The molecule has 98 valence electrons. The Morgan fingerprint density at radius 1 is 1.37 bits per heavy atom. The zero-order valence-corrected chi connectivity index (χ0v) is 11.5. The fourth-order valence-electron chi connectivity index (χ4n) is 1.45. The van der Waals surface area contributed by atoms with Crippen molar-refractivity contribution in [3.8, 4) is 11.6 Å². The van der Waals surface area contributed by atoms with Gasteiger partial charge in [0, 0.05) is 12.1 Å². The van der Waals surface area contributed by atoms with E-state index in [1.807, 2.05) is 0 Å². The van der Waals surface area contributed by atoms with E-state index < -0.39 is 4.92 Å². The number of nitrogens with zero attached hydrogens (tertiary/aromatic N) is 2. The average molecular weight is 324 g/mol. The summed E-state index contributed by atoms with van der Waals surface area (Å²) in [5.41, 5.74) is 6.66. The molecule has 2 aromatic rings. The normalized spacial score (nSPS) is 10.2. The van der Waals surface area contributed by atoms with Crippen LogP contribution in [0.4, 0.5) is 11.4 Å². The lowest BCUT2D eigenvalue weighted by Gasteiger charge is -2.08. The predicted molar refractivity (Wildman–Crippen MR) is 74.3 cm³/mol. The van der Waals surface area contributed by atoms with Gasteiger partial charge in [-0.15, -0.1) is 0 Å². The summed E-state index contributed by atoms with van der Waals surface area (Å²) in [5.74, 6) is 0.367. The van der Waals surface area contributed by atoms with Gasteiger partial charge in [-0.05, 0) is 35.0 Å². The fraction of sp³-hybridized carbons (Fsp3) is 0.0833. The average Bonchev–Trinajstić information content (AvgIpc) is 2.36. The zero-order chi connectivity index (χ0) is 14.0. The monoisotopic (exact) mass is 323 g/mol. The molecule has 2 N–H and O–H groups in total. The van der Waals surface area contributed by atoms with Crippen molar-refractivity contribution in [1.29, 1.82) is 0 Å². The summed E-state index contributed by atoms with van der Waals surface area (Å²) in [4.78, 5) is 14.6. The second-order valence-corrected chi connectivity index (χ2v) is 4.63. The van der Waals surface area contributed by atoms with Crippen LogP contribution in [0, 0.1) is 17.0 Å². The zero-order valence-electron chi connectivity index (χ0n) is 9.96. The molecule has 0 unspecified atom stereocenters. The Kier molecular flexibility index (Phi) is 3.66. The molecule has 0 aliphatic rings. The van der Waals surface area contributed by atoms with Crippen LogP contribution in [0.5, 0.6) is 11.6 Å². The molecule has 1 aromatic heterocycles. The minimum absolute atomic E-state index is 0.115. The highest BCUT2D eigenvalue weighted by atomic mass is 79.9. The number of hydrogen-bond donors (Lipinski definition) is 1. The second kappa shape index (κ2) is 5.23. The smallest absolute Gasteiger partial charge is 0.312 e. The Bertz CT molecular complexity index is 646. The van der Waals surface area contributed by atoms with Gasteiger partial charge in [-0.25, -0.2) is 4.98 Å². The van der Waals surface area contributed by atoms with Crippen molar-refractivity contribution in [3.63, 3.8) is 0 Å². The van der Waals surface area contributed by atoms with Gasteiger partial charge >= 0.3 is 5.69 Å². The lowest BCUT2D eigenvalue weighted by molar-refractivity contribution is -0.385. The number of halogens is 1. The molecular weight excluding hydrogens is 314 g/mol. The van der Waals surface area contributed by atoms with E-state index in [0.29, 0.717) is 15.9 Å². The number of aryl methyl sites for hydroxylation is 1. The van der Waals surface area contributed by atoms with E-state index in [2.05, 4.69) is 20.9 Å². The van der Waals surface area contributed by atoms with E-state index >= 15 is 0 Å². The van der Waals surface area contributed by atoms with Crippen molar-refractivity contribution >= 4 is 27.3 Å². The van der Waals surface area contributed by atoms with Crippen molar-refractivity contribution < 1.29 is 9.66 Å². The number of hydrogen-bond acceptors (Lipinski definition) is 5. The van der Waals surface area contributed by atoms with Crippen LogP contribution in [0.1, 0.15) is 5.69 Å². The third kappa shape index (κ3) is 2.82. The first-order chi connectivity index (χ1) is 8.99. The van der Waals surface area contributed by atoms with Crippen LogP contribution < -0.4 is 10.5 Å². The van der Waals surface area contributed by atoms with Crippen molar-refractivity contribution in [1.82, 2.24) is 4.98 Å². The Morgan fingerprint density at radius 2 is 2.11 bits per heavy atom. The highest BCUT2D eigenvalue weighted by Gasteiger charge is 2.19. The van der Waals surface area contributed by atoms with Gasteiger partial charge < -0.3 is 10.5 Å². The lowest BCUT2D eigenvalue weighted by Crippen LogP contribution is -1.98. The van der Waals surface area contributed by atoms with Gasteiger partial charge in [-0.3, -0.25) is 10.1 Å². The standard InChI is InChI=1S/C12H10BrN3O3/c1-7-9(14)5-6-11(15-7)19-12-8(13)3-2-4-10(12)16(17)18/h2-6H,14H2,1H3. The molecule has 0 bridgehead atoms. The Labute approximate surface area is 117 Å². The molecular formula is C12H10BrN3O3. The summed E-state index contributed by atoms with van der Waals surface area (Å²) in [5, 5.41) is 10.9. The molecule has 0 saturated heterocycles. The second-order valence-electron chi connectivity index (χ2n) is 3.77. The van der Waals surface area contributed by atoms with Crippen molar-refractivity contribution in [2.24, 2.45) is 0 Å². The maximum absolute atomic E-state index is 10.9. The van der Waals surface area contributed by atoms with E-state index in [1.54, 1.807) is 31.2 Å². The van der Waals surface area contributed by atoms with Gasteiger partial charge in [0.25, 0.3) is 0 Å². The van der Waals surface area contributed by atoms with Crippen LogP contribution in [-0.4, -0.2) is 9.91 Å². The van der Waals surface area contributed by atoms with Gasteiger partial charge in [0.15, 0.2) is 0 Å². The molecule has 0 spiro atoms. The van der Waals surface area contributed by atoms with Gasteiger partial charge in [-0.1, -0.05) is 6.07 Å². The SMILES string of the molecule is Cc1nc(Oc2c(Br)cccc2[N+](=O)[O-])ccc1N. The Hall–Kier alpha value is -2.15. The molecule has 0 radical (unpaired) electrons. The molecule has 1 heterocycles. The minimum Gasteiger partial charge on any atom is -0.431 e. The maximum atomic E-state index is 10.9. The number of nitrogens with two attached hydrogens (primary N) is 1. The molecule has 0 fully saturated rings. The summed E-state index contributed by atoms with van der Waals surface area (Å²) in [7, 11) is 0. The number of benzene rings is 1. The van der Waals surface area contributed by atoms with Crippen LogP contribution in [0.2, 0.25) is 0 Å². The summed E-state index contributed by atoms with van der Waals surface area (Å²) in [6.45, 7) is 1.73. The third-order valence-electron chi connectivity index (χ3n) is 2.45.